The van der Waals surface area contributed by atoms with Crippen LogP contribution in [-0.4, -0.2) is 22.1 Å². The van der Waals surface area contributed by atoms with Crippen LogP contribution in [-0.2, 0) is 13.0 Å². The van der Waals surface area contributed by atoms with E-state index in [2.05, 4.69) is 41.8 Å². The molecule has 3 nitrogen and oxygen atoms in total. The summed E-state index contributed by atoms with van der Waals surface area (Å²) >= 11 is 0. The molecule has 0 spiro atoms. The Morgan fingerprint density at radius 2 is 2.20 bits per heavy atom. The van der Waals surface area contributed by atoms with Crippen molar-refractivity contribution in [3.63, 3.8) is 0 Å². The van der Waals surface area contributed by atoms with Gasteiger partial charge in [0.1, 0.15) is 5.82 Å². The number of aryl methyl sites for hydroxylation is 1. The molecule has 0 aromatic carbocycles. The molecule has 0 aliphatic heterocycles. The Balaban J connectivity index is 2.00. The lowest BCUT2D eigenvalue weighted by molar-refractivity contribution is 0.341. The van der Waals surface area contributed by atoms with E-state index in [9.17, 15) is 0 Å². The maximum Gasteiger partial charge on any atom is 0.110 e. The van der Waals surface area contributed by atoms with Crippen molar-refractivity contribution in [2.75, 3.05) is 6.54 Å². The minimum absolute atomic E-state index is 0.606. The summed E-state index contributed by atoms with van der Waals surface area (Å²) in [7, 11) is 0. The van der Waals surface area contributed by atoms with E-state index in [0.717, 1.165) is 31.3 Å². The molecule has 114 valence electrons. The average molecular weight is 277 g/mol. The number of imidazole rings is 1. The van der Waals surface area contributed by atoms with Gasteiger partial charge in [-0.2, -0.15) is 0 Å². The van der Waals surface area contributed by atoms with E-state index < -0.39 is 0 Å². The van der Waals surface area contributed by atoms with Crippen molar-refractivity contribution in [2.45, 2.75) is 71.9 Å². The minimum atomic E-state index is 0.606. The lowest BCUT2D eigenvalue weighted by Gasteiger charge is -2.25. The standard InChI is InChI=1S/C17H31N3/c1-4-10-20-11-9-19-17(20)13-16(18-6-3)15-8-7-14(5-2)12-15/h9,11,14-16,18H,4-8,10,12-13H2,1-3H3. The van der Waals surface area contributed by atoms with Crippen LogP contribution < -0.4 is 5.32 Å². The van der Waals surface area contributed by atoms with Gasteiger partial charge in [-0.25, -0.2) is 4.98 Å². The van der Waals surface area contributed by atoms with Crippen LogP contribution in [0.15, 0.2) is 12.4 Å². The summed E-state index contributed by atoms with van der Waals surface area (Å²) < 4.78 is 2.33. The molecule has 0 saturated heterocycles. The molecule has 1 heterocycles. The lowest BCUT2D eigenvalue weighted by Crippen LogP contribution is -2.38. The average Bonchev–Trinajstić information content (AvgIpc) is 3.08. The molecule has 2 rings (SSSR count). The van der Waals surface area contributed by atoms with Crippen molar-refractivity contribution < 1.29 is 0 Å². The molecule has 1 saturated carbocycles. The lowest BCUT2D eigenvalue weighted by atomic mass is 9.93. The van der Waals surface area contributed by atoms with Crippen molar-refractivity contribution >= 4 is 0 Å². The summed E-state index contributed by atoms with van der Waals surface area (Å²) in [4.78, 5) is 4.59. The Labute approximate surface area is 124 Å². The highest BCUT2D eigenvalue weighted by Crippen LogP contribution is 2.35. The van der Waals surface area contributed by atoms with Crippen molar-refractivity contribution in [2.24, 2.45) is 11.8 Å². The molecule has 1 N–H and O–H groups in total. The van der Waals surface area contributed by atoms with Gasteiger partial charge in [-0.15, -0.1) is 0 Å². The first-order valence-electron chi connectivity index (χ1n) is 8.51. The molecule has 20 heavy (non-hydrogen) atoms. The molecule has 3 atom stereocenters. The Kier molecular flexibility index (Phi) is 6.08. The molecule has 3 heteroatoms. The Hall–Kier alpha value is -0.830. The Morgan fingerprint density at radius 1 is 1.35 bits per heavy atom. The predicted molar refractivity (Wildman–Crippen MR) is 84.8 cm³/mol. The highest BCUT2D eigenvalue weighted by atomic mass is 15.1. The Morgan fingerprint density at radius 3 is 2.85 bits per heavy atom. The number of hydrogen-bond donors (Lipinski definition) is 1. The van der Waals surface area contributed by atoms with Crippen molar-refractivity contribution in [3.05, 3.63) is 18.2 Å². The molecule has 0 bridgehead atoms. The number of rotatable bonds is 8. The van der Waals surface area contributed by atoms with Gasteiger partial charge in [0, 0.05) is 31.4 Å². The number of nitrogens with one attached hydrogen (secondary N) is 1. The highest BCUT2D eigenvalue weighted by Gasteiger charge is 2.30. The Bertz CT molecular complexity index is 385. The second kappa shape index (κ2) is 7.82. The molecule has 1 fully saturated rings. The quantitative estimate of drug-likeness (QED) is 0.786. The molecule has 0 amide bonds. The van der Waals surface area contributed by atoms with Crippen molar-refractivity contribution in [1.82, 2.24) is 14.9 Å². The maximum absolute atomic E-state index is 4.59. The van der Waals surface area contributed by atoms with Gasteiger partial charge >= 0.3 is 0 Å². The largest absolute Gasteiger partial charge is 0.335 e. The predicted octanol–water partition coefficient (Wildman–Crippen LogP) is 3.64. The molecule has 1 aliphatic rings. The summed E-state index contributed by atoms with van der Waals surface area (Å²) in [5.41, 5.74) is 0. The van der Waals surface area contributed by atoms with Crippen LogP contribution in [0, 0.1) is 11.8 Å². The zero-order valence-corrected chi connectivity index (χ0v) is 13.4. The second-order valence-electron chi connectivity index (χ2n) is 6.25. The van der Waals surface area contributed by atoms with Crippen LogP contribution in [0.2, 0.25) is 0 Å². The normalized spacial score (nSPS) is 24.1. The first kappa shape index (κ1) is 15.6. The van der Waals surface area contributed by atoms with E-state index in [4.69, 9.17) is 0 Å². The second-order valence-corrected chi connectivity index (χ2v) is 6.25. The molecular formula is C17H31N3. The van der Waals surface area contributed by atoms with Gasteiger partial charge in [0.2, 0.25) is 0 Å². The molecule has 1 aromatic rings. The first-order valence-corrected chi connectivity index (χ1v) is 8.51. The third-order valence-electron chi connectivity index (χ3n) is 4.86. The van der Waals surface area contributed by atoms with E-state index >= 15 is 0 Å². The fraction of sp³-hybridized carbons (Fsp3) is 0.824. The summed E-state index contributed by atoms with van der Waals surface area (Å²) in [5.74, 6) is 3.06. The summed E-state index contributed by atoms with van der Waals surface area (Å²) in [5, 5.41) is 3.72. The van der Waals surface area contributed by atoms with Crippen LogP contribution in [0.25, 0.3) is 0 Å². The number of nitrogens with zero attached hydrogens (tertiary/aromatic N) is 2. The van der Waals surface area contributed by atoms with Crippen LogP contribution in [0.5, 0.6) is 0 Å². The van der Waals surface area contributed by atoms with E-state index in [0.29, 0.717) is 6.04 Å². The van der Waals surface area contributed by atoms with Gasteiger partial charge in [-0.3, -0.25) is 0 Å². The van der Waals surface area contributed by atoms with Crippen LogP contribution in [0.1, 0.15) is 58.7 Å². The van der Waals surface area contributed by atoms with Crippen molar-refractivity contribution in [1.29, 1.82) is 0 Å². The molecule has 3 unspecified atom stereocenters. The summed E-state index contributed by atoms with van der Waals surface area (Å²) in [6.45, 7) is 8.94. The van der Waals surface area contributed by atoms with Crippen LogP contribution >= 0.6 is 0 Å². The van der Waals surface area contributed by atoms with Gasteiger partial charge in [0.05, 0.1) is 0 Å². The SMILES string of the molecule is CCCn1ccnc1CC(NCC)C1CCC(CC)C1. The van der Waals surface area contributed by atoms with Gasteiger partial charge in [-0.1, -0.05) is 33.6 Å². The zero-order valence-electron chi connectivity index (χ0n) is 13.4. The number of hydrogen-bond acceptors (Lipinski definition) is 2. The van der Waals surface area contributed by atoms with Crippen molar-refractivity contribution in [3.8, 4) is 0 Å². The fourth-order valence-corrected chi connectivity index (χ4v) is 3.69. The van der Waals surface area contributed by atoms with Gasteiger partial charge < -0.3 is 9.88 Å². The van der Waals surface area contributed by atoms with Crippen LogP contribution in [0.4, 0.5) is 0 Å². The highest BCUT2D eigenvalue weighted by molar-refractivity contribution is 4.98. The summed E-state index contributed by atoms with van der Waals surface area (Å²) in [6, 6.07) is 0.606. The monoisotopic (exact) mass is 277 g/mol. The fourth-order valence-electron chi connectivity index (χ4n) is 3.69. The third-order valence-corrected chi connectivity index (χ3v) is 4.86. The van der Waals surface area contributed by atoms with E-state index in [-0.39, 0.29) is 0 Å². The van der Waals surface area contributed by atoms with Gasteiger partial charge in [0.15, 0.2) is 0 Å². The molecule has 1 aromatic heterocycles. The molecule has 0 radical (unpaired) electrons. The van der Waals surface area contributed by atoms with E-state index in [1.165, 1.54) is 37.9 Å². The summed E-state index contributed by atoms with van der Waals surface area (Å²) in [6.07, 6.45) is 11.9. The van der Waals surface area contributed by atoms with Gasteiger partial charge in [-0.05, 0) is 37.6 Å². The minimum Gasteiger partial charge on any atom is -0.335 e. The van der Waals surface area contributed by atoms with E-state index in [1.54, 1.807) is 0 Å². The number of likely N-dealkylation sites (N-methyl/N-ethyl adjacent to an activating group) is 1. The first-order chi connectivity index (χ1) is 9.78. The topological polar surface area (TPSA) is 29.9 Å². The molecule has 1 aliphatic carbocycles. The van der Waals surface area contributed by atoms with Gasteiger partial charge in [0.25, 0.3) is 0 Å². The molecular weight excluding hydrogens is 246 g/mol. The smallest absolute Gasteiger partial charge is 0.110 e. The zero-order chi connectivity index (χ0) is 14.4. The van der Waals surface area contributed by atoms with E-state index in [1.807, 2.05) is 6.20 Å². The maximum atomic E-state index is 4.59. The van der Waals surface area contributed by atoms with Crippen LogP contribution in [0.3, 0.4) is 0 Å². The number of aromatic nitrogens is 2. The third kappa shape index (κ3) is 3.85.